The molecule has 4 nitrogen and oxygen atoms in total. The molecule has 6 heteroatoms. The second-order valence-corrected chi connectivity index (χ2v) is 5.47. The highest BCUT2D eigenvalue weighted by molar-refractivity contribution is 5.97. The number of carbonyl (C=O) groups is 1. The molecule has 0 spiro atoms. The molecule has 0 radical (unpaired) electrons. The van der Waals surface area contributed by atoms with Gasteiger partial charge < -0.3 is 10.2 Å². The number of piperazine rings is 1. The minimum absolute atomic E-state index is 0. The number of fused-ring (bicyclic) bond motifs is 1. The molecule has 1 atom stereocenters. The topological polar surface area (TPSA) is 35.6 Å². The molecule has 1 aromatic rings. The van der Waals surface area contributed by atoms with E-state index in [9.17, 15) is 4.79 Å². The van der Waals surface area contributed by atoms with Gasteiger partial charge in [0, 0.05) is 37.9 Å². The Morgan fingerprint density at radius 2 is 1.90 bits per heavy atom. The molecule has 0 aromatic heterocycles. The lowest BCUT2D eigenvalue weighted by atomic mass is 10.1. The summed E-state index contributed by atoms with van der Waals surface area (Å²) < 4.78 is 0. The number of rotatable bonds is 2. The number of anilines is 1. The highest BCUT2D eigenvalue weighted by atomic mass is 35.5. The number of nitrogens with zero attached hydrogens (tertiary/aromatic N) is 2. The van der Waals surface area contributed by atoms with Crippen LogP contribution in [-0.4, -0.2) is 49.6 Å². The Hall–Kier alpha value is -0.810. The Morgan fingerprint density at radius 3 is 2.62 bits per heavy atom. The molecule has 3 rings (SSSR count). The predicted molar refractivity (Wildman–Crippen MR) is 90.9 cm³/mol. The van der Waals surface area contributed by atoms with Gasteiger partial charge in [-0.25, -0.2) is 0 Å². The van der Waals surface area contributed by atoms with Crippen LogP contribution >= 0.6 is 24.8 Å². The number of hydrogen-bond acceptors (Lipinski definition) is 3. The van der Waals surface area contributed by atoms with Crippen molar-refractivity contribution in [2.24, 2.45) is 0 Å². The molecule has 1 saturated heterocycles. The van der Waals surface area contributed by atoms with Gasteiger partial charge in [0.2, 0.25) is 5.91 Å². The van der Waals surface area contributed by atoms with Crippen LogP contribution in [0.15, 0.2) is 24.3 Å². The van der Waals surface area contributed by atoms with E-state index < -0.39 is 0 Å². The molecule has 1 amide bonds. The largest absolute Gasteiger partial charge is 0.314 e. The van der Waals surface area contributed by atoms with Gasteiger partial charge in [0.25, 0.3) is 0 Å². The maximum absolute atomic E-state index is 12.6. The Morgan fingerprint density at radius 1 is 1.24 bits per heavy atom. The zero-order chi connectivity index (χ0) is 13.2. The van der Waals surface area contributed by atoms with E-state index in [1.807, 2.05) is 11.0 Å². The third kappa shape index (κ3) is 3.89. The lowest BCUT2D eigenvalue weighted by molar-refractivity contribution is -0.120. The van der Waals surface area contributed by atoms with Crippen molar-refractivity contribution >= 4 is 36.4 Å². The predicted octanol–water partition coefficient (Wildman–Crippen LogP) is 1.71. The fraction of sp³-hybridized carbons (Fsp3) is 0.533. The average molecular weight is 332 g/mol. The standard InChI is InChI=1S/C15H21N3O.2ClH/c1-12-10-13-4-2-3-5-14(13)18(12)15(19)11-17-8-6-16-7-9-17;;/h2-5,12,16H,6-11H2,1H3;2*1H. The number of benzene rings is 1. The molecule has 118 valence electrons. The van der Waals surface area contributed by atoms with Crippen LogP contribution in [0.3, 0.4) is 0 Å². The van der Waals surface area contributed by atoms with Gasteiger partial charge in [-0.15, -0.1) is 24.8 Å². The lowest BCUT2D eigenvalue weighted by Crippen LogP contribution is -2.49. The third-order valence-electron chi connectivity index (χ3n) is 4.04. The Labute approximate surface area is 138 Å². The smallest absolute Gasteiger partial charge is 0.241 e. The molecule has 2 heterocycles. The van der Waals surface area contributed by atoms with Gasteiger partial charge in [0.15, 0.2) is 0 Å². The van der Waals surface area contributed by atoms with E-state index >= 15 is 0 Å². The van der Waals surface area contributed by atoms with E-state index in [2.05, 4.69) is 35.3 Å². The fourth-order valence-corrected chi connectivity index (χ4v) is 3.08. The summed E-state index contributed by atoms with van der Waals surface area (Å²) >= 11 is 0. The number of para-hydroxylation sites is 1. The van der Waals surface area contributed by atoms with Crippen molar-refractivity contribution in [2.45, 2.75) is 19.4 Å². The monoisotopic (exact) mass is 331 g/mol. The van der Waals surface area contributed by atoms with Crippen LogP contribution in [0.4, 0.5) is 5.69 Å². The van der Waals surface area contributed by atoms with E-state index in [1.54, 1.807) is 0 Å². The number of hydrogen-bond donors (Lipinski definition) is 1. The highest BCUT2D eigenvalue weighted by Crippen LogP contribution is 2.31. The first kappa shape index (κ1) is 18.2. The van der Waals surface area contributed by atoms with Crippen molar-refractivity contribution in [3.05, 3.63) is 29.8 Å². The Balaban J connectivity index is 0.00000110. The summed E-state index contributed by atoms with van der Waals surface area (Å²) in [6, 6.07) is 8.55. The van der Waals surface area contributed by atoms with E-state index in [1.165, 1.54) is 5.56 Å². The molecular weight excluding hydrogens is 309 g/mol. The first-order valence-electron chi connectivity index (χ1n) is 7.09. The van der Waals surface area contributed by atoms with Gasteiger partial charge in [-0.3, -0.25) is 9.69 Å². The number of halogens is 2. The van der Waals surface area contributed by atoms with Crippen molar-refractivity contribution in [1.29, 1.82) is 0 Å². The summed E-state index contributed by atoms with van der Waals surface area (Å²) in [5.74, 6) is 0.236. The number of amides is 1. The van der Waals surface area contributed by atoms with E-state index in [0.717, 1.165) is 38.3 Å². The molecule has 1 aromatic carbocycles. The van der Waals surface area contributed by atoms with Crippen molar-refractivity contribution in [1.82, 2.24) is 10.2 Å². The zero-order valence-electron chi connectivity index (χ0n) is 12.2. The van der Waals surface area contributed by atoms with E-state index in [0.29, 0.717) is 6.54 Å². The molecule has 1 fully saturated rings. The van der Waals surface area contributed by atoms with Gasteiger partial charge in [0.05, 0.1) is 6.54 Å². The van der Waals surface area contributed by atoms with Crippen LogP contribution in [0.1, 0.15) is 12.5 Å². The minimum Gasteiger partial charge on any atom is -0.314 e. The minimum atomic E-state index is 0. The van der Waals surface area contributed by atoms with E-state index in [4.69, 9.17) is 0 Å². The third-order valence-corrected chi connectivity index (χ3v) is 4.04. The fourth-order valence-electron chi connectivity index (χ4n) is 3.08. The first-order valence-corrected chi connectivity index (χ1v) is 7.09. The van der Waals surface area contributed by atoms with Gasteiger partial charge in [-0.2, -0.15) is 0 Å². The Kier molecular flexibility index (Phi) is 6.94. The molecule has 0 aliphatic carbocycles. The normalized spacial score (nSPS) is 21.2. The summed E-state index contributed by atoms with van der Waals surface area (Å²) in [6.07, 6.45) is 0.976. The quantitative estimate of drug-likeness (QED) is 0.896. The molecule has 21 heavy (non-hydrogen) atoms. The van der Waals surface area contributed by atoms with Gasteiger partial charge in [-0.05, 0) is 25.0 Å². The second-order valence-electron chi connectivity index (χ2n) is 5.47. The van der Waals surface area contributed by atoms with Gasteiger partial charge in [0.1, 0.15) is 0 Å². The van der Waals surface area contributed by atoms with Crippen molar-refractivity contribution in [3.63, 3.8) is 0 Å². The summed E-state index contributed by atoms with van der Waals surface area (Å²) in [5.41, 5.74) is 2.40. The Bertz CT molecular complexity index is 478. The summed E-state index contributed by atoms with van der Waals surface area (Å²) in [5, 5.41) is 3.32. The van der Waals surface area contributed by atoms with Crippen LogP contribution in [0.25, 0.3) is 0 Å². The molecule has 2 aliphatic heterocycles. The summed E-state index contributed by atoms with van der Waals surface area (Å²) in [4.78, 5) is 16.8. The van der Waals surface area contributed by atoms with E-state index in [-0.39, 0.29) is 36.8 Å². The zero-order valence-corrected chi connectivity index (χ0v) is 13.9. The molecule has 0 bridgehead atoms. The first-order chi connectivity index (χ1) is 9.25. The maximum Gasteiger partial charge on any atom is 0.241 e. The van der Waals surface area contributed by atoms with Crippen molar-refractivity contribution in [3.8, 4) is 0 Å². The highest BCUT2D eigenvalue weighted by Gasteiger charge is 2.31. The van der Waals surface area contributed by atoms with Gasteiger partial charge in [-0.1, -0.05) is 18.2 Å². The summed E-state index contributed by atoms with van der Waals surface area (Å²) in [7, 11) is 0. The lowest BCUT2D eigenvalue weighted by Gasteiger charge is -2.30. The average Bonchev–Trinajstić information content (AvgIpc) is 2.75. The second kappa shape index (κ2) is 7.99. The molecule has 1 unspecified atom stereocenters. The van der Waals surface area contributed by atoms with Crippen molar-refractivity contribution < 1.29 is 4.79 Å². The van der Waals surface area contributed by atoms with Crippen LogP contribution in [0.5, 0.6) is 0 Å². The maximum atomic E-state index is 12.6. The van der Waals surface area contributed by atoms with Crippen LogP contribution in [-0.2, 0) is 11.2 Å². The molecular formula is C15H23Cl2N3O. The SMILES string of the molecule is CC1Cc2ccccc2N1C(=O)CN1CCNCC1.Cl.Cl. The van der Waals surface area contributed by atoms with Crippen LogP contribution in [0, 0.1) is 0 Å². The molecule has 1 N–H and O–H groups in total. The number of carbonyl (C=O) groups excluding carboxylic acids is 1. The molecule has 0 saturated carbocycles. The summed E-state index contributed by atoms with van der Waals surface area (Å²) in [6.45, 7) is 6.58. The van der Waals surface area contributed by atoms with Crippen LogP contribution in [0.2, 0.25) is 0 Å². The van der Waals surface area contributed by atoms with Gasteiger partial charge >= 0.3 is 0 Å². The van der Waals surface area contributed by atoms with Crippen LogP contribution < -0.4 is 10.2 Å². The van der Waals surface area contributed by atoms with Crippen molar-refractivity contribution in [2.75, 3.05) is 37.6 Å². The number of nitrogens with one attached hydrogen (secondary N) is 1. The molecule has 2 aliphatic rings.